The molecule has 2 amide bonds. The van der Waals surface area contributed by atoms with Gasteiger partial charge in [0, 0.05) is 36.4 Å². The maximum atomic E-state index is 12.6. The van der Waals surface area contributed by atoms with Crippen LogP contribution in [0.25, 0.3) is 10.9 Å². The van der Waals surface area contributed by atoms with Crippen LogP contribution in [0.15, 0.2) is 36.5 Å². The largest absolute Gasteiger partial charge is 0.494 e. The van der Waals surface area contributed by atoms with Crippen molar-refractivity contribution < 1.29 is 19.1 Å². The van der Waals surface area contributed by atoms with Crippen molar-refractivity contribution in [2.75, 3.05) is 38.7 Å². The smallest absolute Gasteiger partial charge is 0.274 e. The molecule has 0 atom stereocenters. The van der Waals surface area contributed by atoms with E-state index in [1.165, 1.54) is 7.11 Å². The number of morpholine rings is 1. The number of carbonyl (C=O) groups is 2. The Bertz CT molecular complexity index is 1090. The van der Waals surface area contributed by atoms with Gasteiger partial charge in [-0.2, -0.15) is 5.10 Å². The number of benzene rings is 1. The van der Waals surface area contributed by atoms with E-state index in [0.717, 1.165) is 11.1 Å². The average molecular weight is 409 g/mol. The minimum absolute atomic E-state index is 0.00267. The number of pyridine rings is 1. The number of rotatable bonds is 5. The van der Waals surface area contributed by atoms with E-state index in [0.29, 0.717) is 49.0 Å². The van der Waals surface area contributed by atoms with Crippen LogP contribution >= 0.6 is 0 Å². The van der Waals surface area contributed by atoms with Gasteiger partial charge in [-0.15, -0.1) is 0 Å². The van der Waals surface area contributed by atoms with Crippen LogP contribution in [-0.2, 0) is 16.1 Å². The van der Waals surface area contributed by atoms with Gasteiger partial charge in [-0.25, -0.2) is 4.98 Å². The number of nitrogens with zero attached hydrogens (tertiary/aromatic N) is 4. The number of fused-ring (bicyclic) bond motifs is 1. The molecule has 1 aliphatic heterocycles. The number of methoxy groups -OCH3 is 1. The van der Waals surface area contributed by atoms with Crippen LogP contribution < -0.4 is 10.1 Å². The molecule has 0 aliphatic carbocycles. The summed E-state index contributed by atoms with van der Waals surface area (Å²) in [4.78, 5) is 31.1. The first kappa shape index (κ1) is 19.8. The predicted molar refractivity (Wildman–Crippen MR) is 111 cm³/mol. The van der Waals surface area contributed by atoms with Crippen molar-refractivity contribution in [1.82, 2.24) is 19.7 Å². The first-order valence-electron chi connectivity index (χ1n) is 9.69. The molecule has 9 heteroatoms. The Morgan fingerprint density at radius 1 is 1.23 bits per heavy atom. The van der Waals surface area contributed by atoms with Crippen LogP contribution in [0.2, 0.25) is 0 Å². The lowest BCUT2D eigenvalue weighted by molar-refractivity contribution is -0.136. The number of carbonyl (C=O) groups excluding carboxylic acids is 2. The first-order valence-corrected chi connectivity index (χ1v) is 9.69. The van der Waals surface area contributed by atoms with E-state index >= 15 is 0 Å². The molecule has 0 bridgehead atoms. The van der Waals surface area contributed by atoms with E-state index in [2.05, 4.69) is 15.4 Å². The molecule has 3 heterocycles. The number of aromatic nitrogens is 3. The molecule has 0 saturated carbocycles. The lowest BCUT2D eigenvalue weighted by Gasteiger charge is -2.26. The predicted octanol–water partition coefficient (Wildman–Crippen LogP) is 1.86. The second-order valence-electron chi connectivity index (χ2n) is 7.05. The number of hydrogen-bond donors (Lipinski definition) is 1. The molecule has 0 spiro atoms. The Morgan fingerprint density at radius 3 is 2.77 bits per heavy atom. The third-order valence-electron chi connectivity index (χ3n) is 4.90. The van der Waals surface area contributed by atoms with Gasteiger partial charge >= 0.3 is 0 Å². The van der Waals surface area contributed by atoms with Gasteiger partial charge < -0.3 is 19.7 Å². The number of anilines is 1. The highest BCUT2D eigenvalue weighted by Crippen LogP contribution is 2.30. The fourth-order valence-corrected chi connectivity index (χ4v) is 3.36. The number of ether oxygens (including phenoxy) is 2. The Balaban J connectivity index is 1.55. The van der Waals surface area contributed by atoms with Crippen molar-refractivity contribution in [1.29, 1.82) is 0 Å². The quantitative estimate of drug-likeness (QED) is 0.691. The monoisotopic (exact) mass is 409 g/mol. The van der Waals surface area contributed by atoms with Gasteiger partial charge in [0.25, 0.3) is 5.91 Å². The van der Waals surface area contributed by atoms with Crippen molar-refractivity contribution in [3.05, 3.63) is 47.9 Å². The van der Waals surface area contributed by atoms with E-state index in [1.807, 2.05) is 13.0 Å². The topological polar surface area (TPSA) is 98.6 Å². The van der Waals surface area contributed by atoms with E-state index in [9.17, 15) is 9.59 Å². The standard InChI is InChI=1S/C21H23N5O4/c1-14-4-3-5-16(22-14)21(28)23-18-10-15-12-26(24-17(15)11-19(18)29-2)13-20(27)25-6-8-30-9-7-25/h3-5,10-12H,6-9,13H2,1-2H3,(H,23,28). The van der Waals surface area contributed by atoms with Crippen LogP contribution in [0.4, 0.5) is 5.69 Å². The Morgan fingerprint density at radius 2 is 2.03 bits per heavy atom. The third-order valence-corrected chi connectivity index (χ3v) is 4.90. The zero-order chi connectivity index (χ0) is 21.1. The second kappa shape index (κ2) is 8.50. The number of aryl methyl sites for hydroxylation is 1. The number of amides is 2. The molecule has 0 unspecified atom stereocenters. The summed E-state index contributed by atoms with van der Waals surface area (Å²) >= 11 is 0. The van der Waals surface area contributed by atoms with Crippen LogP contribution in [0.5, 0.6) is 5.75 Å². The van der Waals surface area contributed by atoms with Crippen molar-refractivity contribution in [2.24, 2.45) is 0 Å². The zero-order valence-corrected chi connectivity index (χ0v) is 16.9. The highest BCUT2D eigenvalue weighted by atomic mass is 16.5. The molecule has 30 heavy (non-hydrogen) atoms. The molecule has 156 valence electrons. The van der Waals surface area contributed by atoms with E-state index in [4.69, 9.17) is 9.47 Å². The van der Waals surface area contributed by atoms with Gasteiger partial charge in [-0.1, -0.05) is 6.07 Å². The number of nitrogens with one attached hydrogen (secondary N) is 1. The minimum atomic E-state index is -0.328. The zero-order valence-electron chi connectivity index (χ0n) is 16.9. The summed E-state index contributed by atoms with van der Waals surface area (Å²) in [5.74, 6) is 0.150. The van der Waals surface area contributed by atoms with Gasteiger partial charge in [-0.3, -0.25) is 14.3 Å². The van der Waals surface area contributed by atoms with Gasteiger partial charge in [-0.05, 0) is 25.1 Å². The van der Waals surface area contributed by atoms with E-state index in [-0.39, 0.29) is 18.4 Å². The van der Waals surface area contributed by atoms with Crippen LogP contribution in [0.1, 0.15) is 16.2 Å². The van der Waals surface area contributed by atoms with Gasteiger partial charge in [0.2, 0.25) is 5.91 Å². The SMILES string of the molecule is COc1cc2nn(CC(=O)N3CCOCC3)cc2cc1NC(=O)c1cccc(C)n1. The molecular formula is C21H23N5O4. The lowest BCUT2D eigenvalue weighted by Crippen LogP contribution is -2.42. The summed E-state index contributed by atoms with van der Waals surface area (Å²) in [5.41, 5.74) is 2.27. The Hall–Kier alpha value is -3.46. The van der Waals surface area contributed by atoms with Crippen LogP contribution in [0.3, 0.4) is 0 Å². The molecule has 0 radical (unpaired) electrons. The summed E-state index contributed by atoms with van der Waals surface area (Å²) in [7, 11) is 1.53. The molecule has 1 aliphatic rings. The summed E-state index contributed by atoms with van der Waals surface area (Å²) in [6, 6.07) is 8.79. The molecule has 4 rings (SSSR count). The van der Waals surface area contributed by atoms with Gasteiger partial charge in [0.05, 0.1) is 31.5 Å². The highest BCUT2D eigenvalue weighted by Gasteiger charge is 2.18. The maximum Gasteiger partial charge on any atom is 0.274 e. The third kappa shape index (κ3) is 4.25. The normalized spacial score (nSPS) is 14.0. The van der Waals surface area contributed by atoms with Gasteiger partial charge in [0.1, 0.15) is 18.0 Å². The maximum absolute atomic E-state index is 12.6. The minimum Gasteiger partial charge on any atom is -0.494 e. The van der Waals surface area contributed by atoms with Crippen molar-refractivity contribution >= 4 is 28.4 Å². The molecule has 1 fully saturated rings. The summed E-state index contributed by atoms with van der Waals surface area (Å²) < 4.78 is 12.3. The number of hydrogen-bond acceptors (Lipinski definition) is 6. The Kier molecular flexibility index (Phi) is 5.62. The van der Waals surface area contributed by atoms with Crippen LogP contribution in [0, 0.1) is 6.92 Å². The van der Waals surface area contributed by atoms with E-state index < -0.39 is 0 Å². The first-order chi connectivity index (χ1) is 14.5. The molecule has 1 saturated heterocycles. The average Bonchev–Trinajstić information content (AvgIpc) is 3.14. The molecule has 3 aromatic rings. The second-order valence-corrected chi connectivity index (χ2v) is 7.05. The summed E-state index contributed by atoms with van der Waals surface area (Å²) in [6.07, 6.45) is 1.79. The molecule has 1 aromatic carbocycles. The molecule has 9 nitrogen and oxygen atoms in total. The fraction of sp³-hybridized carbons (Fsp3) is 0.333. The van der Waals surface area contributed by atoms with E-state index in [1.54, 1.807) is 40.0 Å². The van der Waals surface area contributed by atoms with Crippen molar-refractivity contribution in [2.45, 2.75) is 13.5 Å². The summed E-state index contributed by atoms with van der Waals surface area (Å²) in [5, 5.41) is 8.12. The lowest BCUT2D eigenvalue weighted by atomic mass is 10.2. The van der Waals surface area contributed by atoms with Crippen LogP contribution in [-0.4, -0.2) is 64.9 Å². The van der Waals surface area contributed by atoms with Crippen molar-refractivity contribution in [3.8, 4) is 5.75 Å². The molecular weight excluding hydrogens is 386 g/mol. The highest BCUT2D eigenvalue weighted by molar-refractivity contribution is 6.05. The fourth-order valence-electron chi connectivity index (χ4n) is 3.36. The Labute approximate surface area is 173 Å². The van der Waals surface area contributed by atoms with Crippen molar-refractivity contribution in [3.63, 3.8) is 0 Å². The molecule has 1 N–H and O–H groups in total. The van der Waals surface area contributed by atoms with Gasteiger partial charge in [0.15, 0.2) is 0 Å². The molecule has 2 aromatic heterocycles. The summed E-state index contributed by atoms with van der Waals surface area (Å²) in [6.45, 7) is 4.28.